The van der Waals surface area contributed by atoms with Crippen LogP contribution in [0.25, 0.3) is 0 Å². The number of carbonyl (C=O) groups excluding carboxylic acids is 1. The van der Waals surface area contributed by atoms with E-state index >= 15 is 0 Å². The minimum absolute atomic E-state index is 0.0277. The molecule has 1 atom stereocenters. The largest absolute Gasteiger partial charge is 0.381 e. The van der Waals surface area contributed by atoms with Gasteiger partial charge in [0.25, 0.3) is 0 Å². The maximum atomic E-state index is 11.9. The highest BCUT2D eigenvalue weighted by atomic mass is 16.5. The quantitative estimate of drug-likeness (QED) is 0.780. The molecule has 0 aromatic rings. The topological polar surface area (TPSA) is 64.4 Å². The lowest BCUT2D eigenvalue weighted by molar-refractivity contribution is -0.124. The number of rotatable bonds is 5. The second kappa shape index (κ2) is 7.10. The molecule has 0 aromatic carbocycles. The predicted molar refractivity (Wildman–Crippen MR) is 71.1 cm³/mol. The van der Waals surface area contributed by atoms with E-state index in [0.717, 1.165) is 44.9 Å². The number of ether oxygens (including phenoxy) is 1. The Bertz CT molecular complexity index is 259. The van der Waals surface area contributed by atoms with Crippen molar-refractivity contribution in [1.82, 2.24) is 5.32 Å². The number of amides is 1. The van der Waals surface area contributed by atoms with Crippen molar-refractivity contribution < 1.29 is 9.53 Å². The first kappa shape index (κ1) is 13.8. The average molecular weight is 254 g/mol. The average Bonchev–Trinajstić information content (AvgIpc) is 2.92. The molecule has 1 saturated carbocycles. The summed E-state index contributed by atoms with van der Waals surface area (Å²) < 4.78 is 5.29. The predicted octanol–water partition coefficient (Wildman–Crippen LogP) is 1.44. The lowest BCUT2D eigenvalue weighted by Crippen LogP contribution is -2.47. The van der Waals surface area contributed by atoms with E-state index in [9.17, 15) is 4.79 Å². The fourth-order valence-corrected chi connectivity index (χ4v) is 3.11. The van der Waals surface area contributed by atoms with Crippen LogP contribution in [0.4, 0.5) is 0 Å². The van der Waals surface area contributed by atoms with Gasteiger partial charge in [-0.2, -0.15) is 0 Å². The third-order valence-corrected chi connectivity index (χ3v) is 4.40. The van der Waals surface area contributed by atoms with E-state index in [1.807, 2.05) is 0 Å². The minimum Gasteiger partial charge on any atom is -0.381 e. The van der Waals surface area contributed by atoms with Gasteiger partial charge in [-0.05, 0) is 31.1 Å². The van der Waals surface area contributed by atoms with Crippen molar-refractivity contribution in [2.24, 2.45) is 17.6 Å². The van der Waals surface area contributed by atoms with Crippen molar-refractivity contribution in [2.45, 2.75) is 51.0 Å². The summed E-state index contributed by atoms with van der Waals surface area (Å²) in [6.07, 6.45) is 8.34. The summed E-state index contributed by atoms with van der Waals surface area (Å²) in [5.41, 5.74) is 6.02. The number of nitrogens with two attached hydrogens (primary N) is 1. The van der Waals surface area contributed by atoms with E-state index in [1.165, 1.54) is 25.7 Å². The molecule has 3 N–H and O–H groups in total. The van der Waals surface area contributed by atoms with Gasteiger partial charge in [-0.25, -0.2) is 0 Å². The summed E-state index contributed by atoms with van der Waals surface area (Å²) in [6, 6.07) is -0.350. The van der Waals surface area contributed by atoms with Gasteiger partial charge < -0.3 is 15.8 Å². The Morgan fingerprint density at radius 2 is 1.89 bits per heavy atom. The van der Waals surface area contributed by atoms with Gasteiger partial charge in [-0.1, -0.05) is 25.7 Å². The lowest BCUT2D eigenvalue weighted by Gasteiger charge is -2.26. The van der Waals surface area contributed by atoms with Crippen molar-refractivity contribution >= 4 is 5.91 Å². The number of carbonyl (C=O) groups is 1. The Morgan fingerprint density at radius 3 is 2.56 bits per heavy atom. The first-order chi connectivity index (χ1) is 8.77. The molecule has 104 valence electrons. The van der Waals surface area contributed by atoms with Crippen LogP contribution in [0.1, 0.15) is 44.9 Å². The summed E-state index contributed by atoms with van der Waals surface area (Å²) in [6.45, 7) is 2.28. The fraction of sp³-hybridized carbons (Fsp3) is 0.929. The van der Waals surface area contributed by atoms with Crippen LogP contribution in [0, 0.1) is 11.8 Å². The number of nitrogens with one attached hydrogen (secondary N) is 1. The van der Waals surface area contributed by atoms with Crippen molar-refractivity contribution in [3.8, 4) is 0 Å². The second-order valence-corrected chi connectivity index (χ2v) is 5.71. The maximum absolute atomic E-state index is 11.9. The van der Waals surface area contributed by atoms with Crippen LogP contribution in [0.5, 0.6) is 0 Å². The summed E-state index contributed by atoms with van der Waals surface area (Å²) in [4.78, 5) is 11.9. The van der Waals surface area contributed by atoms with Crippen LogP contribution in [0.3, 0.4) is 0 Å². The van der Waals surface area contributed by atoms with Crippen molar-refractivity contribution in [3.05, 3.63) is 0 Å². The molecule has 1 unspecified atom stereocenters. The van der Waals surface area contributed by atoms with E-state index in [1.54, 1.807) is 0 Å². The van der Waals surface area contributed by atoms with E-state index in [0.29, 0.717) is 5.92 Å². The molecule has 4 heteroatoms. The van der Waals surface area contributed by atoms with Gasteiger partial charge >= 0.3 is 0 Å². The van der Waals surface area contributed by atoms with Gasteiger partial charge in [0, 0.05) is 19.8 Å². The highest BCUT2D eigenvalue weighted by Gasteiger charge is 2.26. The summed E-state index contributed by atoms with van der Waals surface area (Å²) >= 11 is 0. The molecule has 4 nitrogen and oxygen atoms in total. The molecule has 0 bridgehead atoms. The Hall–Kier alpha value is -0.610. The van der Waals surface area contributed by atoms with Crippen molar-refractivity contribution in [3.63, 3.8) is 0 Å². The Morgan fingerprint density at radius 1 is 1.22 bits per heavy atom. The van der Waals surface area contributed by atoms with Gasteiger partial charge in [0.2, 0.25) is 5.91 Å². The normalized spacial score (nSPS) is 24.1. The van der Waals surface area contributed by atoms with E-state index in [4.69, 9.17) is 10.5 Å². The molecule has 1 heterocycles. The summed E-state index contributed by atoms with van der Waals surface area (Å²) in [5, 5.41) is 3.00. The van der Waals surface area contributed by atoms with Crippen LogP contribution in [0.2, 0.25) is 0 Å². The molecule has 2 aliphatic rings. The molecule has 1 aliphatic carbocycles. The molecule has 0 spiro atoms. The zero-order valence-electron chi connectivity index (χ0n) is 11.2. The van der Waals surface area contributed by atoms with Crippen molar-refractivity contribution in [1.29, 1.82) is 0 Å². The summed E-state index contributed by atoms with van der Waals surface area (Å²) in [7, 11) is 0. The SMILES string of the molecule is NC(C(=O)NCCC1CCCC1)C1CCOCC1. The molecule has 1 saturated heterocycles. The lowest BCUT2D eigenvalue weighted by atomic mass is 9.92. The maximum Gasteiger partial charge on any atom is 0.237 e. The molecule has 2 rings (SSSR count). The third-order valence-electron chi connectivity index (χ3n) is 4.40. The Balaban J connectivity index is 1.63. The van der Waals surface area contributed by atoms with Gasteiger partial charge in [0.1, 0.15) is 0 Å². The van der Waals surface area contributed by atoms with E-state index < -0.39 is 0 Å². The molecule has 18 heavy (non-hydrogen) atoms. The van der Waals surface area contributed by atoms with E-state index in [2.05, 4.69) is 5.32 Å². The van der Waals surface area contributed by atoms with Gasteiger partial charge in [-0.15, -0.1) is 0 Å². The molecule has 0 aromatic heterocycles. The smallest absolute Gasteiger partial charge is 0.237 e. The first-order valence-corrected chi connectivity index (χ1v) is 7.38. The highest BCUT2D eigenvalue weighted by molar-refractivity contribution is 5.81. The molecular weight excluding hydrogens is 228 g/mol. The molecule has 1 aliphatic heterocycles. The van der Waals surface area contributed by atoms with E-state index in [-0.39, 0.29) is 11.9 Å². The van der Waals surface area contributed by atoms with Gasteiger partial charge in [-0.3, -0.25) is 4.79 Å². The monoisotopic (exact) mass is 254 g/mol. The second-order valence-electron chi connectivity index (χ2n) is 5.71. The molecule has 0 radical (unpaired) electrons. The standard InChI is InChI=1S/C14H26N2O2/c15-13(12-6-9-18-10-7-12)14(17)16-8-5-11-3-1-2-4-11/h11-13H,1-10,15H2,(H,16,17). The molecular formula is C14H26N2O2. The van der Waals surface area contributed by atoms with Crippen LogP contribution in [0.15, 0.2) is 0 Å². The van der Waals surface area contributed by atoms with Crippen LogP contribution in [-0.4, -0.2) is 31.7 Å². The minimum atomic E-state index is -0.350. The first-order valence-electron chi connectivity index (χ1n) is 7.38. The van der Waals surface area contributed by atoms with Crippen LogP contribution >= 0.6 is 0 Å². The summed E-state index contributed by atoms with van der Waals surface area (Å²) in [5.74, 6) is 1.15. The zero-order valence-corrected chi connectivity index (χ0v) is 11.2. The zero-order chi connectivity index (χ0) is 12.8. The third kappa shape index (κ3) is 3.95. The molecule has 2 fully saturated rings. The Kier molecular flexibility index (Phi) is 5.45. The van der Waals surface area contributed by atoms with Crippen molar-refractivity contribution in [2.75, 3.05) is 19.8 Å². The van der Waals surface area contributed by atoms with Crippen LogP contribution in [-0.2, 0) is 9.53 Å². The Labute approximate surface area is 110 Å². The fourth-order valence-electron chi connectivity index (χ4n) is 3.11. The number of hydrogen-bond donors (Lipinski definition) is 2. The highest BCUT2D eigenvalue weighted by Crippen LogP contribution is 2.26. The number of hydrogen-bond acceptors (Lipinski definition) is 3. The molecule has 1 amide bonds. The van der Waals surface area contributed by atoms with Gasteiger partial charge in [0.15, 0.2) is 0 Å². The van der Waals surface area contributed by atoms with Gasteiger partial charge in [0.05, 0.1) is 6.04 Å². The van der Waals surface area contributed by atoms with Crippen LogP contribution < -0.4 is 11.1 Å².